The van der Waals surface area contributed by atoms with Gasteiger partial charge in [-0.3, -0.25) is 4.79 Å². The first-order valence-electron chi connectivity index (χ1n) is 7.97. The van der Waals surface area contributed by atoms with E-state index in [-0.39, 0.29) is 5.78 Å². The van der Waals surface area contributed by atoms with Gasteiger partial charge in [-0.1, -0.05) is 91.0 Å². The van der Waals surface area contributed by atoms with Crippen LogP contribution in [0.25, 0.3) is 5.70 Å². The van der Waals surface area contributed by atoms with E-state index in [1.807, 2.05) is 78.9 Å². The zero-order valence-corrected chi connectivity index (χ0v) is 13.4. The molecule has 0 fully saturated rings. The maximum Gasteiger partial charge on any atom is 0.187 e. The molecule has 0 saturated heterocycles. The first-order valence-corrected chi connectivity index (χ1v) is 7.97. The van der Waals surface area contributed by atoms with E-state index >= 15 is 0 Å². The summed E-state index contributed by atoms with van der Waals surface area (Å²) < 4.78 is 0. The van der Waals surface area contributed by atoms with Gasteiger partial charge in [0.15, 0.2) is 5.78 Å². The topological polar surface area (TPSA) is 29.1 Å². The van der Waals surface area contributed by atoms with Crippen LogP contribution in [0.3, 0.4) is 0 Å². The molecule has 0 amide bonds. The van der Waals surface area contributed by atoms with Crippen molar-refractivity contribution in [3.63, 3.8) is 0 Å². The van der Waals surface area contributed by atoms with E-state index < -0.39 is 0 Å². The van der Waals surface area contributed by atoms with Crippen LogP contribution in [0.5, 0.6) is 0 Å². The highest BCUT2D eigenvalue weighted by Gasteiger charge is 2.07. The minimum Gasteiger partial charge on any atom is -0.380 e. The van der Waals surface area contributed by atoms with Crippen molar-refractivity contribution in [3.8, 4) is 0 Å². The minimum absolute atomic E-state index is 0.00462. The molecule has 1 N–H and O–H groups in total. The van der Waals surface area contributed by atoms with Gasteiger partial charge in [-0.2, -0.15) is 0 Å². The molecule has 2 nitrogen and oxygen atoms in total. The molecule has 0 radical (unpaired) electrons. The molecule has 0 atom stereocenters. The quantitative estimate of drug-likeness (QED) is 0.528. The van der Waals surface area contributed by atoms with Crippen molar-refractivity contribution in [1.29, 1.82) is 0 Å². The number of hydrogen-bond acceptors (Lipinski definition) is 2. The molecule has 0 bridgehead atoms. The van der Waals surface area contributed by atoms with E-state index in [9.17, 15) is 4.79 Å². The van der Waals surface area contributed by atoms with Gasteiger partial charge in [0.25, 0.3) is 0 Å². The van der Waals surface area contributed by atoms with Gasteiger partial charge in [0.2, 0.25) is 0 Å². The fourth-order valence-electron chi connectivity index (χ4n) is 2.46. The average molecular weight is 313 g/mol. The molecule has 0 saturated carbocycles. The third-order valence-electron chi connectivity index (χ3n) is 3.74. The van der Waals surface area contributed by atoms with Gasteiger partial charge in [-0.15, -0.1) is 0 Å². The lowest BCUT2D eigenvalue weighted by atomic mass is 10.1. The van der Waals surface area contributed by atoms with E-state index in [0.717, 1.165) is 11.3 Å². The Morgan fingerprint density at radius 1 is 0.708 bits per heavy atom. The molecule has 0 aromatic heterocycles. The molecule has 0 aliphatic rings. The predicted molar refractivity (Wildman–Crippen MR) is 98.5 cm³/mol. The number of hydrogen-bond donors (Lipinski definition) is 1. The Morgan fingerprint density at radius 2 is 1.21 bits per heavy atom. The first-order chi connectivity index (χ1) is 11.8. The molecule has 3 aromatic rings. The molecule has 0 aliphatic heterocycles. The smallest absolute Gasteiger partial charge is 0.187 e. The molecular weight excluding hydrogens is 294 g/mol. The second kappa shape index (κ2) is 7.93. The first kappa shape index (κ1) is 15.8. The third kappa shape index (κ3) is 4.20. The fourth-order valence-corrected chi connectivity index (χ4v) is 2.46. The zero-order valence-electron chi connectivity index (χ0n) is 13.4. The predicted octanol–water partition coefficient (Wildman–Crippen LogP) is 4.70. The lowest BCUT2D eigenvalue weighted by Gasteiger charge is -2.12. The van der Waals surface area contributed by atoms with Crippen molar-refractivity contribution in [2.24, 2.45) is 0 Å². The summed E-state index contributed by atoms with van der Waals surface area (Å²) in [7, 11) is 0. The number of rotatable bonds is 6. The van der Waals surface area contributed by atoms with Crippen molar-refractivity contribution in [2.75, 3.05) is 0 Å². The van der Waals surface area contributed by atoms with E-state index in [1.54, 1.807) is 6.08 Å². The third-order valence-corrected chi connectivity index (χ3v) is 3.74. The van der Waals surface area contributed by atoms with Crippen LogP contribution in [0.4, 0.5) is 0 Å². The lowest BCUT2D eigenvalue weighted by Crippen LogP contribution is -2.13. The summed E-state index contributed by atoms with van der Waals surface area (Å²) in [5, 5.41) is 3.39. The van der Waals surface area contributed by atoms with Crippen LogP contribution in [0, 0.1) is 0 Å². The second-order valence-corrected chi connectivity index (χ2v) is 5.49. The van der Waals surface area contributed by atoms with E-state index in [0.29, 0.717) is 12.1 Å². The van der Waals surface area contributed by atoms with E-state index in [2.05, 4.69) is 17.4 Å². The summed E-state index contributed by atoms with van der Waals surface area (Å²) in [6.45, 7) is 0.670. The monoisotopic (exact) mass is 313 g/mol. The van der Waals surface area contributed by atoms with Crippen molar-refractivity contribution >= 4 is 11.5 Å². The Balaban J connectivity index is 1.85. The van der Waals surface area contributed by atoms with Crippen LogP contribution < -0.4 is 5.32 Å². The van der Waals surface area contributed by atoms with Crippen molar-refractivity contribution < 1.29 is 4.79 Å². The molecular formula is C22H19NO. The van der Waals surface area contributed by atoms with Crippen molar-refractivity contribution in [3.05, 3.63) is 114 Å². The van der Waals surface area contributed by atoms with Crippen LogP contribution in [0.1, 0.15) is 21.5 Å². The molecule has 0 heterocycles. The lowest BCUT2D eigenvalue weighted by molar-refractivity contribution is 0.104. The molecule has 3 rings (SSSR count). The van der Waals surface area contributed by atoms with Crippen molar-refractivity contribution in [2.45, 2.75) is 6.54 Å². The Bertz CT molecular complexity index is 808. The van der Waals surface area contributed by atoms with Crippen LogP contribution >= 0.6 is 0 Å². The number of ketones is 1. The van der Waals surface area contributed by atoms with E-state index in [4.69, 9.17) is 0 Å². The Labute approximate surface area is 142 Å². The highest BCUT2D eigenvalue weighted by Crippen LogP contribution is 2.14. The standard InChI is InChI=1S/C22H19NO/c24-22(20-14-8-3-9-15-20)16-21(19-12-6-2-7-13-19)23-17-18-10-4-1-5-11-18/h1-16,23H,17H2/b21-16-. The molecule has 24 heavy (non-hydrogen) atoms. The SMILES string of the molecule is O=C(/C=C(\NCc1ccccc1)c1ccccc1)c1ccccc1. The van der Waals surface area contributed by atoms with Crippen LogP contribution in [0.2, 0.25) is 0 Å². The summed E-state index contributed by atoms with van der Waals surface area (Å²) >= 11 is 0. The normalized spacial score (nSPS) is 11.1. The fraction of sp³-hybridized carbons (Fsp3) is 0.0455. The Hall–Kier alpha value is -3.13. The minimum atomic E-state index is -0.00462. The highest BCUT2D eigenvalue weighted by atomic mass is 16.1. The zero-order chi connectivity index (χ0) is 16.6. The highest BCUT2D eigenvalue weighted by molar-refractivity contribution is 6.08. The summed E-state index contributed by atoms with van der Waals surface area (Å²) in [6, 6.07) is 29.4. The Morgan fingerprint density at radius 3 is 1.79 bits per heavy atom. The van der Waals surface area contributed by atoms with Crippen LogP contribution in [0.15, 0.2) is 97.1 Å². The van der Waals surface area contributed by atoms with Gasteiger partial charge in [0.05, 0.1) is 0 Å². The average Bonchev–Trinajstić information content (AvgIpc) is 2.67. The number of carbonyl (C=O) groups excluding carboxylic acids is 1. The van der Waals surface area contributed by atoms with Gasteiger partial charge in [-0.25, -0.2) is 0 Å². The van der Waals surface area contributed by atoms with Crippen LogP contribution in [-0.2, 0) is 6.54 Å². The molecule has 0 aliphatic carbocycles. The van der Waals surface area contributed by atoms with Gasteiger partial charge < -0.3 is 5.32 Å². The summed E-state index contributed by atoms with van der Waals surface area (Å²) in [5.41, 5.74) is 3.69. The number of benzene rings is 3. The molecule has 3 aromatic carbocycles. The summed E-state index contributed by atoms with van der Waals surface area (Å²) in [5.74, 6) is -0.00462. The second-order valence-electron chi connectivity index (χ2n) is 5.49. The molecule has 0 unspecified atom stereocenters. The largest absolute Gasteiger partial charge is 0.380 e. The van der Waals surface area contributed by atoms with Crippen molar-refractivity contribution in [1.82, 2.24) is 5.32 Å². The molecule has 2 heteroatoms. The summed E-state index contributed by atoms with van der Waals surface area (Å²) in [4.78, 5) is 12.5. The van der Waals surface area contributed by atoms with Gasteiger partial charge in [0, 0.05) is 23.9 Å². The number of allylic oxidation sites excluding steroid dienone is 1. The summed E-state index contributed by atoms with van der Waals surface area (Å²) in [6.07, 6.45) is 1.67. The van der Waals surface area contributed by atoms with Gasteiger partial charge in [-0.05, 0) is 11.1 Å². The maximum atomic E-state index is 12.5. The van der Waals surface area contributed by atoms with Gasteiger partial charge in [0.1, 0.15) is 0 Å². The number of carbonyl (C=O) groups is 1. The maximum absolute atomic E-state index is 12.5. The van der Waals surface area contributed by atoms with Gasteiger partial charge >= 0.3 is 0 Å². The Kier molecular flexibility index (Phi) is 5.21. The number of nitrogens with one attached hydrogen (secondary N) is 1. The van der Waals surface area contributed by atoms with Crippen LogP contribution in [-0.4, -0.2) is 5.78 Å². The molecule has 0 spiro atoms. The van der Waals surface area contributed by atoms with E-state index in [1.165, 1.54) is 5.56 Å². The molecule has 118 valence electrons.